The zero-order chi connectivity index (χ0) is 12.5. The molecule has 94 valence electrons. The number of hydrogen-bond acceptors (Lipinski definition) is 4. The first-order chi connectivity index (χ1) is 8.72. The molecule has 1 saturated carbocycles. The third-order valence-corrected chi connectivity index (χ3v) is 3.58. The van der Waals surface area contributed by atoms with Crippen LogP contribution in [0.15, 0.2) is 33.3 Å². The van der Waals surface area contributed by atoms with Crippen molar-refractivity contribution in [3.63, 3.8) is 0 Å². The Morgan fingerprint density at radius 1 is 1.39 bits per heavy atom. The van der Waals surface area contributed by atoms with Crippen molar-refractivity contribution < 1.29 is 9.26 Å². The summed E-state index contributed by atoms with van der Waals surface area (Å²) in [5, 5.41) is 3.89. The number of anilines is 1. The molecular weight excluding hydrogens is 296 g/mol. The number of ether oxygens (including phenoxy) is 1. The monoisotopic (exact) mass is 308 g/mol. The summed E-state index contributed by atoms with van der Waals surface area (Å²) in [6.45, 7) is 0.781. The number of nitrogen functional groups attached to an aromatic ring is 1. The van der Waals surface area contributed by atoms with Gasteiger partial charge in [0, 0.05) is 11.6 Å². The smallest absolute Gasteiger partial charge is 0.222 e. The fourth-order valence-corrected chi connectivity index (χ4v) is 2.05. The summed E-state index contributed by atoms with van der Waals surface area (Å²) in [6, 6.07) is 7.55. The van der Waals surface area contributed by atoms with E-state index < -0.39 is 0 Å². The number of rotatable bonds is 4. The first-order valence-corrected chi connectivity index (χ1v) is 6.66. The fraction of sp³-hybridized carbons (Fsp3) is 0.308. The highest BCUT2D eigenvalue weighted by Crippen LogP contribution is 2.34. The minimum Gasteiger partial charge on any atom is -0.492 e. The van der Waals surface area contributed by atoms with E-state index in [1.54, 1.807) is 6.07 Å². The highest BCUT2D eigenvalue weighted by molar-refractivity contribution is 9.10. The molecule has 1 aromatic heterocycles. The molecule has 0 spiro atoms. The molecule has 0 bridgehead atoms. The van der Waals surface area contributed by atoms with Crippen molar-refractivity contribution in [2.24, 2.45) is 5.92 Å². The van der Waals surface area contributed by atoms with E-state index in [-0.39, 0.29) is 0 Å². The lowest BCUT2D eigenvalue weighted by Gasteiger charge is -2.08. The number of nitrogens with zero attached hydrogens (tertiary/aromatic N) is 1. The molecule has 2 N–H and O–H groups in total. The van der Waals surface area contributed by atoms with Crippen LogP contribution in [0.2, 0.25) is 0 Å². The van der Waals surface area contributed by atoms with Crippen molar-refractivity contribution in [3.8, 4) is 17.0 Å². The van der Waals surface area contributed by atoms with Crippen molar-refractivity contribution >= 4 is 21.8 Å². The predicted molar refractivity (Wildman–Crippen MR) is 72.3 cm³/mol. The van der Waals surface area contributed by atoms with Crippen LogP contribution < -0.4 is 10.5 Å². The van der Waals surface area contributed by atoms with Gasteiger partial charge in [0.1, 0.15) is 11.4 Å². The maximum atomic E-state index is 5.79. The third-order valence-electron chi connectivity index (χ3n) is 2.93. The molecule has 2 aromatic rings. The number of aromatic nitrogens is 1. The second-order valence-corrected chi connectivity index (χ2v) is 5.37. The van der Waals surface area contributed by atoms with Crippen molar-refractivity contribution in [2.75, 3.05) is 12.3 Å². The van der Waals surface area contributed by atoms with E-state index in [1.165, 1.54) is 12.8 Å². The van der Waals surface area contributed by atoms with Gasteiger partial charge in [-0.05, 0) is 46.8 Å². The minimum absolute atomic E-state index is 0.313. The molecular formula is C13H13BrN2O2. The molecule has 0 saturated heterocycles. The second kappa shape index (κ2) is 4.65. The SMILES string of the molecule is Nc1cc(-c2ccc(Br)c(OCC3CC3)c2)no1. The summed E-state index contributed by atoms with van der Waals surface area (Å²) in [5.41, 5.74) is 7.17. The van der Waals surface area contributed by atoms with E-state index in [9.17, 15) is 0 Å². The zero-order valence-corrected chi connectivity index (χ0v) is 11.3. The van der Waals surface area contributed by atoms with Crippen LogP contribution in [0.25, 0.3) is 11.3 Å². The van der Waals surface area contributed by atoms with Gasteiger partial charge in [-0.15, -0.1) is 0 Å². The summed E-state index contributed by atoms with van der Waals surface area (Å²) >= 11 is 3.49. The van der Waals surface area contributed by atoms with Crippen LogP contribution >= 0.6 is 15.9 Å². The van der Waals surface area contributed by atoms with E-state index in [4.69, 9.17) is 15.0 Å². The van der Waals surface area contributed by atoms with Crippen LogP contribution in [0.4, 0.5) is 5.88 Å². The molecule has 0 amide bonds. The van der Waals surface area contributed by atoms with Gasteiger partial charge in [0.25, 0.3) is 0 Å². The highest BCUT2D eigenvalue weighted by atomic mass is 79.9. The van der Waals surface area contributed by atoms with Gasteiger partial charge in [0.05, 0.1) is 11.1 Å². The Labute approximate surface area is 113 Å². The van der Waals surface area contributed by atoms with E-state index in [1.807, 2.05) is 18.2 Å². The van der Waals surface area contributed by atoms with Gasteiger partial charge in [-0.1, -0.05) is 11.2 Å². The van der Waals surface area contributed by atoms with Gasteiger partial charge in [-0.3, -0.25) is 0 Å². The normalized spacial score (nSPS) is 14.7. The van der Waals surface area contributed by atoms with Crippen LogP contribution in [0.1, 0.15) is 12.8 Å². The Balaban J connectivity index is 1.84. The lowest BCUT2D eigenvalue weighted by molar-refractivity contribution is 0.298. The topological polar surface area (TPSA) is 61.3 Å². The Kier molecular flexibility index (Phi) is 2.99. The van der Waals surface area contributed by atoms with Crippen LogP contribution in [0.3, 0.4) is 0 Å². The molecule has 5 heteroatoms. The van der Waals surface area contributed by atoms with Gasteiger partial charge in [0.15, 0.2) is 0 Å². The molecule has 0 atom stereocenters. The molecule has 1 aromatic carbocycles. The van der Waals surface area contributed by atoms with Gasteiger partial charge >= 0.3 is 0 Å². The molecule has 0 unspecified atom stereocenters. The average Bonchev–Trinajstić information content (AvgIpc) is 3.09. The lowest BCUT2D eigenvalue weighted by Crippen LogP contribution is -1.99. The van der Waals surface area contributed by atoms with Gasteiger partial charge < -0.3 is 15.0 Å². The number of nitrogens with two attached hydrogens (primary N) is 1. The van der Waals surface area contributed by atoms with Gasteiger partial charge in [-0.25, -0.2) is 0 Å². The molecule has 1 fully saturated rings. The van der Waals surface area contributed by atoms with Crippen LogP contribution in [0.5, 0.6) is 5.75 Å². The Morgan fingerprint density at radius 2 is 2.22 bits per heavy atom. The average molecular weight is 309 g/mol. The van der Waals surface area contributed by atoms with Gasteiger partial charge in [-0.2, -0.15) is 0 Å². The van der Waals surface area contributed by atoms with Crippen molar-refractivity contribution in [1.82, 2.24) is 5.16 Å². The molecule has 1 aliphatic rings. The molecule has 1 aliphatic carbocycles. The molecule has 1 heterocycles. The van der Waals surface area contributed by atoms with Crippen LogP contribution in [0, 0.1) is 5.92 Å². The van der Waals surface area contributed by atoms with E-state index >= 15 is 0 Å². The zero-order valence-electron chi connectivity index (χ0n) is 9.73. The quantitative estimate of drug-likeness (QED) is 0.939. The van der Waals surface area contributed by atoms with E-state index in [0.717, 1.165) is 34.0 Å². The third kappa shape index (κ3) is 2.51. The second-order valence-electron chi connectivity index (χ2n) is 4.51. The molecule has 0 aliphatic heterocycles. The highest BCUT2D eigenvalue weighted by Gasteiger charge is 2.22. The Hall–Kier alpha value is -1.49. The first-order valence-electron chi connectivity index (χ1n) is 5.87. The van der Waals surface area contributed by atoms with Crippen molar-refractivity contribution in [1.29, 1.82) is 0 Å². The first kappa shape index (κ1) is 11.6. The summed E-state index contributed by atoms with van der Waals surface area (Å²) in [4.78, 5) is 0. The predicted octanol–water partition coefficient (Wildman–Crippen LogP) is 3.48. The maximum Gasteiger partial charge on any atom is 0.222 e. The van der Waals surface area contributed by atoms with Gasteiger partial charge in [0.2, 0.25) is 5.88 Å². The molecule has 4 nitrogen and oxygen atoms in total. The summed E-state index contributed by atoms with van der Waals surface area (Å²) < 4.78 is 11.6. The Morgan fingerprint density at radius 3 is 2.89 bits per heavy atom. The fourth-order valence-electron chi connectivity index (χ4n) is 1.69. The number of halogens is 1. The molecule has 0 radical (unpaired) electrons. The lowest BCUT2D eigenvalue weighted by atomic mass is 10.1. The summed E-state index contributed by atoms with van der Waals surface area (Å²) in [7, 11) is 0. The largest absolute Gasteiger partial charge is 0.492 e. The van der Waals surface area contributed by atoms with E-state index in [0.29, 0.717) is 5.88 Å². The maximum absolute atomic E-state index is 5.79. The Bertz CT molecular complexity index is 564. The molecule has 18 heavy (non-hydrogen) atoms. The van der Waals surface area contributed by atoms with Crippen molar-refractivity contribution in [2.45, 2.75) is 12.8 Å². The molecule has 3 rings (SSSR count). The van der Waals surface area contributed by atoms with Crippen LogP contribution in [-0.2, 0) is 0 Å². The van der Waals surface area contributed by atoms with Crippen LogP contribution in [-0.4, -0.2) is 11.8 Å². The number of hydrogen-bond donors (Lipinski definition) is 1. The number of benzene rings is 1. The summed E-state index contributed by atoms with van der Waals surface area (Å²) in [6.07, 6.45) is 2.55. The van der Waals surface area contributed by atoms with E-state index in [2.05, 4.69) is 21.1 Å². The summed E-state index contributed by atoms with van der Waals surface area (Å²) in [5.74, 6) is 1.87. The minimum atomic E-state index is 0.313. The standard InChI is InChI=1S/C13H13BrN2O2/c14-10-4-3-9(11-6-13(15)18-16-11)5-12(10)17-7-8-1-2-8/h3-6,8H,1-2,7,15H2. The van der Waals surface area contributed by atoms with Crippen molar-refractivity contribution in [3.05, 3.63) is 28.7 Å².